The molecule has 0 radical (unpaired) electrons. The van der Waals surface area contributed by atoms with Crippen LogP contribution in [0.1, 0.15) is 17.5 Å². The van der Waals surface area contributed by atoms with Gasteiger partial charge in [0.25, 0.3) is 0 Å². The number of aliphatic imine (C=N–C) groups is 1. The zero-order chi connectivity index (χ0) is 19.3. The summed E-state index contributed by atoms with van der Waals surface area (Å²) in [6.45, 7) is 1.56. The molecule has 0 saturated heterocycles. The Morgan fingerprint density at radius 3 is 2.56 bits per heavy atom. The summed E-state index contributed by atoms with van der Waals surface area (Å²) in [7, 11) is 4.20. The molecule has 0 atom stereocenters. The van der Waals surface area contributed by atoms with Gasteiger partial charge in [0.05, 0.1) is 12.0 Å². The number of hydrogen-bond donors (Lipinski definition) is 1. The van der Waals surface area contributed by atoms with Crippen LogP contribution in [0.15, 0.2) is 84.4 Å². The van der Waals surface area contributed by atoms with Crippen molar-refractivity contribution in [1.29, 1.82) is 0 Å². The molecule has 2 aromatic carbocycles. The van der Waals surface area contributed by atoms with E-state index in [9.17, 15) is 5.11 Å². The van der Waals surface area contributed by atoms with Gasteiger partial charge in [-0.3, -0.25) is 4.99 Å². The number of nitrogens with zero attached hydrogens (tertiary/aromatic N) is 3. The van der Waals surface area contributed by atoms with Gasteiger partial charge < -0.3 is 9.67 Å². The van der Waals surface area contributed by atoms with Gasteiger partial charge >= 0.3 is 25.2 Å². The number of benzene rings is 2. The first kappa shape index (κ1) is 21.0. The molecule has 1 heterocycles. The van der Waals surface area contributed by atoms with E-state index in [1.165, 1.54) is 0 Å². The van der Waals surface area contributed by atoms with E-state index in [1.54, 1.807) is 12.3 Å². The predicted molar refractivity (Wildman–Crippen MR) is 108 cm³/mol. The van der Waals surface area contributed by atoms with E-state index >= 15 is 0 Å². The van der Waals surface area contributed by atoms with Gasteiger partial charge in [0.1, 0.15) is 5.75 Å². The summed E-state index contributed by atoms with van der Waals surface area (Å²) in [5.41, 5.74) is 2.63. The summed E-state index contributed by atoms with van der Waals surface area (Å²) in [6, 6.07) is 17.4. The van der Waals surface area contributed by atoms with Gasteiger partial charge in [0.2, 0.25) is 0 Å². The molecule has 0 spiro atoms. The molecule has 6 heteroatoms. The van der Waals surface area contributed by atoms with Crippen molar-refractivity contribution in [2.75, 3.05) is 6.54 Å². The van der Waals surface area contributed by atoms with Crippen molar-refractivity contribution >= 4 is 21.9 Å². The molecule has 1 aromatic heterocycles. The quantitative estimate of drug-likeness (QED) is 0.330. The first-order valence-electron chi connectivity index (χ1n) is 8.46. The van der Waals surface area contributed by atoms with Crippen LogP contribution < -0.4 is 0 Å². The van der Waals surface area contributed by atoms with E-state index in [-0.39, 0.29) is 5.75 Å². The molecular formula is C21H21ClCuN3O. The summed E-state index contributed by atoms with van der Waals surface area (Å²) in [5, 5.41) is 10.2. The van der Waals surface area contributed by atoms with Crippen molar-refractivity contribution in [2.24, 2.45) is 4.99 Å². The van der Waals surface area contributed by atoms with Crippen LogP contribution in [0.3, 0.4) is 0 Å². The van der Waals surface area contributed by atoms with Crippen molar-refractivity contribution in [2.45, 2.75) is 13.0 Å². The topological polar surface area (TPSA) is 50.4 Å². The molecule has 0 bridgehead atoms. The monoisotopic (exact) mass is 429 g/mol. The van der Waals surface area contributed by atoms with E-state index in [2.05, 4.69) is 30.2 Å². The number of allylic oxidation sites excluding steroid dienone is 1. The number of halogens is 1. The Morgan fingerprint density at radius 2 is 1.85 bits per heavy atom. The molecule has 0 aliphatic heterocycles. The maximum absolute atomic E-state index is 10.2. The van der Waals surface area contributed by atoms with Gasteiger partial charge in [-0.05, 0) is 30.2 Å². The Bertz CT molecular complexity index is 849. The van der Waals surface area contributed by atoms with Gasteiger partial charge in [0, 0.05) is 31.0 Å². The first-order valence-corrected chi connectivity index (χ1v) is 9.75. The van der Waals surface area contributed by atoms with Gasteiger partial charge in [-0.1, -0.05) is 48.5 Å². The number of rotatable bonds is 7. The minimum absolute atomic E-state index is 0.244. The summed E-state index contributed by atoms with van der Waals surface area (Å²) < 4.78 is 2.04. The standard InChI is InChI=1S/C21H21N3O.ClH.Cu/c25-21-10-5-4-9-19(21)20(12-11-18-7-2-1-3-8-18)23-13-6-15-24-16-14-22-17-24;;/h1-5,7-12,14,16-17,25H,6,13,15H2;1H;/q;;+1/p-1/b12-11+,23-20?;;. The molecule has 27 heavy (non-hydrogen) atoms. The molecule has 0 unspecified atom stereocenters. The second kappa shape index (κ2) is 12.1. The molecule has 0 saturated carbocycles. The van der Waals surface area contributed by atoms with Crippen LogP contribution in [0.2, 0.25) is 0 Å². The Morgan fingerprint density at radius 1 is 1.11 bits per heavy atom. The van der Waals surface area contributed by atoms with Crippen LogP contribution in [0, 0.1) is 0 Å². The van der Waals surface area contributed by atoms with E-state index in [0.29, 0.717) is 6.54 Å². The molecule has 4 nitrogen and oxygen atoms in total. The molecule has 144 valence electrons. The predicted octanol–water partition coefficient (Wildman–Crippen LogP) is 4.87. The van der Waals surface area contributed by atoms with Crippen LogP contribution in [0.5, 0.6) is 5.75 Å². The van der Waals surface area contributed by atoms with E-state index in [0.717, 1.165) is 29.8 Å². The Balaban J connectivity index is 0.00000126. The number of aryl methyl sites for hydroxylation is 1. The van der Waals surface area contributed by atoms with Crippen LogP contribution in [-0.2, 0) is 21.6 Å². The zero-order valence-corrected chi connectivity index (χ0v) is 16.4. The second-order valence-electron chi connectivity index (χ2n) is 5.68. The van der Waals surface area contributed by atoms with Crippen LogP contribution in [0.4, 0.5) is 0 Å². The summed E-state index contributed by atoms with van der Waals surface area (Å²) >= 11 is 3.66. The molecule has 3 aromatic rings. The zero-order valence-electron chi connectivity index (χ0n) is 14.7. The second-order valence-corrected chi connectivity index (χ2v) is 5.68. The van der Waals surface area contributed by atoms with E-state index in [1.807, 2.05) is 77.8 Å². The Hall–Kier alpha value is -2.33. The average Bonchev–Trinajstić information content (AvgIpc) is 3.24. The van der Waals surface area contributed by atoms with E-state index < -0.39 is 0 Å². The van der Waals surface area contributed by atoms with Crippen LogP contribution in [-0.4, -0.2) is 26.9 Å². The molecule has 0 amide bonds. The first-order chi connectivity index (χ1) is 13.3. The third-order valence-corrected chi connectivity index (χ3v) is 3.83. The van der Waals surface area contributed by atoms with Crippen molar-refractivity contribution in [3.63, 3.8) is 0 Å². The van der Waals surface area contributed by atoms with Gasteiger partial charge in [-0.2, -0.15) is 0 Å². The number of phenolic OH excluding ortho intramolecular Hbond substituents is 1. The fourth-order valence-electron chi connectivity index (χ4n) is 2.53. The summed E-state index contributed by atoms with van der Waals surface area (Å²) in [5.74, 6) is 0.244. The van der Waals surface area contributed by atoms with E-state index in [4.69, 9.17) is 4.99 Å². The SMILES string of the molecule is Oc1ccccc1C(/C=C/c1ccccc1)=NCCCn1ccnc1.[Cl][Cu]. The number of phenols is 1. The number of aromatic nitrogens is 2. The third-order valence-electron chi connectivity index (χ3n) is 3.83. The maximum atomic E-state index is 10.2. The minimum atomic E-state index is 0.244. The average molecular weight is 430 g/mol. The van der Waals surface area contributed by atoms with Gasteiger partial charge in [-0.15, -0.1) is 0 Å². The third kappa shape index (κ3) is 7.06. The van der Waals surface area contributed by atoms with Crippen molar-refractivity contribution in [3.8, 4) is 5.75 Å². The van der Waals surface area contributed by atoms with Crippen LogP contribution in [0.25, 0.3) is 6.08 Å². The number of hydrogen-bond acceptors (Lipinski definition) is 3. The fourth-order valence-corrected chi connectivity index (χ4v) is 2.53. The van der Waals surface area contributed by atoms with Crippen molar-refractivity contribution in [3.05, 3.63) is 90.5 Å². The number of aromatic hydroxyl groups is 1. The summed E-state index contributed by atoms with van der Waals surface area (Å²) in [6.07, 6.45) is 10.4. The Labute approximate surface area is 172 Å². The van der Waals surface area contributed by atoms with Crippen LogP contribution >= 0.6 is 10.1 Å². The van der Waals surface area contributed by atoms with Gasteiger partial charge in [-0.25, -0.2) is 4.98 Å². The van der Waals surface area contributed by atoms with Crippen molar-refractivity contribution < 1.29 is 20.2 Å². The molecule has 1 N–H and O–H groups in total. The number of para-hydroxylation sites is 1. The molecule has 3 rings (SSSR count). The van der Waals surface area contributed by atoms with Crippen molar-refractivity contribution in [1.82, 2.24) is 9.55 Å². The fraction of sp³-hybridized carbons (Fsp3) is 0.143. The van der Waals surface area contributed by atoms with Gasteiger partial charge in [0.15, 0.2) is 0 Å². The number of imidazole rings is 1. The molecule has 0 aliphatic carbocycles. The Kier molecular flexibility index (Phi) is 9.42. The molecule has 0 fully saturated rings. The summed E-state index contributed by atoms with van der Waals surface area (Å²) in [4.78, 5) is 8.75. The molecular weight excluding hydrogens is 409 g/mol. The normalized spacial score (nSPS) is 11.3. The molecule has 0 aliphatic rings.